The Hall–Kier alpha value is -3.14. The Morgan fingerprint density at radius 1 is 0.929 bits per heavy atom. The standard InChI is InChI=1S/C24H23FN2O/c1-16-3-9-20-21-10-6-18(14-23(21)27(2)22(20)13-16)15-24(28)26-12-11-17-4-7-19(25)8-5-17/h3-10,13-14H,11-12,15H2,1-2H3,(H,26,28). The van der Waals surface area contributed by atoms with Crippen molar-refractivity contribution < 1.29 is 9.18 Å². The van der Waals surface area contributed by atoms with Crippen LogP contribution in [0, 0.1) is 12.7 Å². The number of nitrogens with zero attached hydrogens (tertiary/aromatic N) is 1. The predicted molar refractivity (Wildman–Crippen MR) is 112 cm³/mol. The van der Waals surface area contributed by atoms with Gasteiger partial charge in [-0.15, -0.1) is 0 Å². The monoisotopic (exact) mass is 374 g/mol. The fraction of sp³-hybridized carbons (Fsp3) is 0.208. The molecule has 4 rings (SSSR count). The van der Waals surface area contributed by atoms with Crippen LogP contribution in [-0.4, -0.2) is 17.0 Å². The molecule has 4 aromatic rings. The van der Waals surface area contributed by atoms with Crippen molar-refractivity contribution in [2.75, 3.05) is 6.54 Å². The molecule has 28 heavy (non-hydrogen) atoms. The summed E-state index contributed by atoms with van der Waals surface area (Å²) < 4.78 is 15.1. The lowest BCUT2D eigenvalue weighted by Gasteiger charge is -2.06. The van der Waals surface area contributed by atoms with E-state index in [4.69, 9.17) is 0 Å². The van der Waals surface area contributed by atoms with Crippen molar-refractivity contribution >= 4 is 27.7 Å². The van der Waals surface area contributed by atoms with Gasteiger partial charge in [0.15, 0.2) is 0 Å². The molecule has 1 heterocycles. The van der Waals surface area contributed by atoms with Gasteiger partial charge in [-0.1, -0.05) is 36.4 Å². The van der Waals surface area contributed by atoms with Gasteiger partial charge < -0.3 is 9.88 Å². The molecule has 1 N–H and O–H groups in total. The first-order valence-electron chi connectivity index (χ1n) is 9.50. The van der Waals surface area contributed by atoms with E-state index in [-0.39, 0.29) is 11.7 Å². The summed E-state index contributed by atoms with van der Waals surface area (Å²) in [6.07, 6.45) is 1.04. The molecule has 0 aliphatic rings. The number of carbonyl (C=O) groups is 1. The molecule has 0 saturated carbocycles. The smallest absolute Gasteiger partial charge is 0.224 e. The average Bonchev–Trinajstić information content (AvgIpc) is 2.95. The molecule has 0 aliphatic carbocycles. The second-order valence-corrected chi connectivity index (χ2v) is 7.33. The van der Waals surface area contributed by atoms with Crippen molar-refractivity contribution in [3.8, 4) is 0 Å². The maximum Gasteiger partial charge on any atom is 0.224 e. The molecule has 0 fully saturated rings. The Morgan fingerprint density at radius 2 is 1.57 bits per heavy atom. The van der Waals surface area contributed by atoms with Crippen LogP contribution in [-0.2, 0) is 24.7 Å². The Labute approximate surface area is 163 Å². The van der Waals surface area contributed by atoms with E-state index in [1.54, 1.807) is 12.1 Å². The summed E-state index contributed by atoms with van der Waals surface area (Å²) in [6.45, 7) is 2.64. The molecule has 0 radical (unpaired) electrons. The van der Waals surface area contributed by atoms with Gasteiger partial charge in [0.05, 0.1) is 6.42 Å². The number of amides is 1. The molecule has 0 saturated heterocycles. The number of fused-ring (bicyclic) bond motifs is 3. The van der Waals surface area contributed by atoms with Crippen LogP contribution in [0.1, 0.15) is 16.7 Å². The van der Waals surface area contributed by atoms with Crippen LogP contribution < -0.4 is 5.32 Å². The van der Waals surface area contributed by atoms with Gasteiger partial charge in [-0.3, -0.25) is 4.79 Å². The Kier molecular flexibility index (Phi) is 4.86. The zero-order chi connectivity index (χ0) is 19.7. The van der Waals surface area contributed by atoms with Crippen molar-refractivity contribution in [1.82, 2.24) is 9.88 Å². The van der Waals surface area contributed by atoms with E-state index in [0.29, 0.717) is 19.4 Å². The minimum atomic E-state index is -0.244. The number of benzene rings is 3. The van der Waals surface area contributed by atoms with Gasteiger partial charge in [-0.25, -0.2) is 4.39 Å². The lowest BCUT2D eigenvalue weighted by Crippen LogP contribution is -2.27. The van der Waals surface area contributed by atoms with Crippen LogP contribution in [0.15, 0.2) is 60.7 Å². The number of rotatable bonds is 5. The normalized spacial score (nSPS) is 11.2. The molecule has 1 aromatic heterocycles. The number of nitrogens with one attached hydrogen (secondary N) is 1. The van der Waals surface area contributed by atoms with Gasteiger partial charge in [0.25, 0.3) is 0 Å². The zero-order valence-electron chi connectivity index (χ0n) is 16.1. The Bertz CT molecular complexity index is 1160. The quantitative estimate of drug-likeness (QED) is 0.541. The molecular weight excluding hydrogens is 351 g/mol. The summed E-state index contributed by atoms with van der Waals surface area (Å²) in [5.74, 6) is -0.247. The Morgan fingerprint density at radius 3 is 2.32 bits per heavy atom. The summed E-state index contributed by atoms with van der Waals surface area (Å²) in [7, 11) is 2.07. The number of halogens is 1. The van der Waals surface area contributed by atoms with Crippen LogP contribution in [0.2, 0.25) is 0 Å². The third-order valence-corrected chi connectivity index (χ3v) is 5.24. The summed E-state index contributed by atoms with van der Waals surface area (Å²) in [5, 5.41) is 5.39. The minimum absolute atomic E-state index is 0.00364. The first-order chi connectivity index (χ1) is 13.5. The highest BCUT2D eigenvalue weighted by molar-refractivity contribution is 6.08. The third kappa shape index (κ3) is 3.63. The van der Waals surface area contributed by atoms with Gasteiger partial charge in [-0.2, -0.15) is 0 Å². The number of aromatic nitrogens is 1. The number of hydrogen-bond acceptors (Lipinski definition) is 1. The van der Waals surface area contributed by atoms with Gasteiger partial charge >= 0.3 is 0 Å². The van der Waals surface area contributed by atoms with E-state index in [1.807, 2.05) is 6.07 Å². The first-order valence-corrected chi connectivity index (χ1v) is 9.50. The number of hydrogen-bond donors (Lipinski definition) is 1. The van der Waals surface area contributed by atoms with Crippen LogP contribution in [0.25, 0.3) is 21.8 Å². The lowest BCUT2D eigenvalue weighted by molar-refractivity contribution is -0.120. The van der Waals surface area contributed by atoms with E-state index < -0.39 is 0 Å². The molecule has 0 atom stereocenters. The van der Waals surface area contributed by atoms with Crippen LogP contribution >= 0.6 is 0 Å². The molecule has 1 amide bonds. The number of aryl methyl sites for hydroxylation is 2. The SMILES string of the molecule is Cc1ccc2c3ccc(CC(=O)NCCc4ccc(F)cc4)cc3n(C)c2c1. The largest absolute Gasteiger partial charge is 0.355 e. The van der Waals surface area contributed by atoms with E-state index in [2.05, 4.69) is 54.2 Å². The molecule has 0 spiro atoms. The molecule has 0 unspecified atom stereocenters. The van der Waals surface area contributed by atoms with Crippen molar-refractivity contribution in [1.29, 1.82) is 0 Å². The molecular formula is C24H23FN2O. The summed E-state index contributed by atoms with van der Waals surface area (Å²) in [6, 6.07) is 19.1. The molecule has 0 bridgehead atoms. The fourth-order valence-electron chi connectivity index (χ4n) is 3.71. The summed E-state index contributed by atoms with van der Waals surface area (Å²) >= 11 is 0. The highest BCUT2D eigenvalue weighted by Gasteiger charge is 2.10. The maximum absolute atomic E-state index is 12.9. The van der Waals surface area contributed by atoms with Crippen molar-refractivity contribution in [2.45, 2.75) is 19.8 Å². The van der Waals surface area contributed by atoms with E-state index in [9.17, 15) is 9.18 Å². The second-order valence-electron chi connectivity index (χ2n) is 7.33. The minimum Gasteiger partial charge on any atom is -0.355 e. The van der Waals surface area contributed by atoms with E-state index in [1.165, 1.54) is 34.0 Å². The lowest BCUT2D eigenvalue weighted by atomic mass is 10.1. The van der Waals surface area contributed by atoms with Crippen LogP contribution in [0.3, 0.4) is 0 Å². The number of carbonyl (C=O) groups excluding carboxylic acids is 1. The Balaban J connectivity index is 1.45. The molecule has 3 nitrogen and oxygen atoms in total. The van der Waals surface area contributed by atoms with Crippen molar-refractivity contribution in [2.24, 2.45) is 7.05 Å². The molecule has 3 aromatic carbocycles. The predicted octanol–water partition coefficient (Wildman–Crippen LogP) is 4.68. The van der Waals surface area contributed by atoms with Gasteiger partial charge in [0.1, 0.15) is 5.82 Å². The van der Waals surface area contributed by atoms with Crippen molar-refractivity contribution in [3.05, 3.63) is 83.2 Å². The summed E-state index contributed by atoms with van der Waals surface area (Å²) in [5.41, 5.74) is 5.58. The van der Waals surface area contributed by atoms with E-state index in [0.717, 1.165) is 16.6 Å². The topological polar surface area (TPSA) is 34.0 Å². The zero-order valence-corrected chi connectivity index (χ0v) is 16.1. The second kappa shape index (κ2) is 7.47. The van der Waals surface area contributed by atoms with Gasteiger partial charge in [0, 0.05) is 35.4 Å². The average molecular weight is 374 g/mol. The molecule has 142 valence electrons. The van der Waals surface area contributed by atoms with Gasteiger partial charge in [-0.05, 0) is 54.3 Å². The highest BCUT2D eigenvalue weighted by Crippen LogP contribution is 2.29. The van der Waals surface area contributed by atoms with Crippen LogP contribution in [0.4, 0.5) is 4.39 Å². The maximum atomic E-state index is 12.9. The molecule has 4 heteroatoms. The molecule has 0 aliphatic heterocycles. The third-order valence-electron chi connectivity index (χ3n) is 5.24. The highest BCUT2D eigenvalue weighted by atomic mass is 19.1. The van der Waals surface area contributed by atoms with Crippen molar-refractivity contribution in [3.63, 3.8) is 0 Å². The summed E-state index contributed by atoms with van der Waals surface area (Å²) in [4.78, 5) is 12.3. The van der Waals surface area contributed by atoms with Crippen LogP contribution in [0.5, 0.6) is 0 Å². The fourth-order valence-corrected chi connectivity index (χ4v) is 3.71. The van der Waals surface area contributed by atoms with Gasteiger partial charge in [0.2, 0.25) is 5.91 Å². The van der Waals surface area contributed by atoms with E-state index >= 15 is 0 Å². The first kappa shape index (κ1) is 18.2.